The molecule has 0 N–H and O–H groups in total. The summed E-state index contributed by atoms with van der Waals surface area (Å²) < 4.78 is 4.59. The minimum Gasteiger partial charge on any atom is -0.469 e. The highest BCUT2D eigenvalue weighted by Crippen LogP contribution is 2.22. The molecule has 1 rings (SSSR count). The van der Waals surface area contributed by atoms with Gasteiger partial charge in [0.05, 0.1) is 13.0 Å². The average Bonchev–Trinajstić information content (AvgIpc) is 2.58. The summed E-state index contributed by atoms with van der Waals surface area (Å²) in [5.41, 5.74) is 0.573. The zero-order chi connectivity index (χ0) is 12.3. The minimum absolute atomic E-state index is 0.119. The molecular formula is C11H15NO4. The molecule has 1 aliphatic heterocycles. The normalized spacial score (nSPS) is 21.2. The van der Waals surface area contributed by atoms with Gasteiger partial charge in [-0.05, 0) is 13.8 Å². The van der Waals surface area contributed by atoms with Crippen LogP contribution >= 0.6 is 0 Å². The van der Waals surface area contributed by atoms with Crippen molar-refractivity contribution in [2.75, 3.05) is 13.7 Å². The summed E-state index contributed by atoms with van der Waals surface area (Å²) in [7, 11) is 1.30. The van der Waals surface area contributed by atoms with Crippen molar-refractivity contribution in [3.8, 4) is 0 Å². The summed E-state index contributed by atoms with van der Waals surface area (Å²) in [5, 5.41) is 0. The van der Waals surface area contributed by atoms with Gasteiger partial charge >= 0.3 is 5.97 Å². The zero-order valence-corrected chi connectivity index (χ0v) is 9.65. The quantitative estimate of drug-likeness (QED) is 0.518. The van der Waals surface area contributed by atoms with Crippen LogP contribution in [0.2, 0.25) is 0 Å². The molecule has 0 aromatic rings. The van der Waals surface area contributed by atoms with E-state index in [1.165, 1.54) is 25.0 Å². The molecule has 1 fully saturated rings. The minimum atomic E-state index is -0.423. The number of carbonyl (C=O) groups is 3. The Morgan fingerprint density at radius 3 is 2.56 bits per heavy atom. The van der Waals surface area contributed by atoms with Crippen LogP contribution in [0.1, 0.15) is 20.3 Å². The Balaban J connectivity index is 2.75. The van der Waals surface area contributed by atoms with Gasteiger partial charge in [-0.3, -0.25) is 14.4 Å². The molecule has 0 radical (unpaired) electrons. The molecule has 1 heterocycles. The number of hydrogen-bond donors (Lipinski definition) is 0. The van der Waals surface area contributed by atoms with Crippen molar-refractivity contribution in [3.63, 3.8) is 0 Å². The van der Waals surface area contributed by atoms with Crippen LogP contribution in [-0.4, -0.2) is 36.2 Å². The fourth-order valence-corrected chi connectivity index (χ4v) is 1.75. The third kappa shape index (κ3) is 2.68. The standard InChI is InChI=1S/C11H15NO4/c1-7(4-8(2)13)12-6-9(5-10(12)14)11(15)16-3/h4,9H,5-6H2,1-3H3. The topological polar surface area (TPSA) is 63.7 Å². The second kappa shape index (κ2) is 4.92. The van der Waals surface area contributed by atoms with Crippen molar-refractivity contribution in [3.05, 3.63) is 11.8 Å². The van der Waals surface area contributed by atoms with Crippen molar-refractivity contribution < 1.29 is 19.1 Å². The first-order chi connectivity index (χ1) is 7.45. The Morgan fingerprint density at radius 1 is 1.44 bits per heavy atom. The lowest BCUT2D eigenvalue weighted by Crippen LogP contribution is -2.25. The molecule has 5 heteroatoms. The van der Waals surface area contributed by atoms with Gasteiger partial charge in [0, 0.05) is 24.7 Å². The highest BCUT2D eigenvalue weighted by atomic mass is 16.5. The summed E-state index contributed by atoms with van der Waals surface area (Å²) in [6.07, 6.45) is 1.54. The van der Waals surface area contributed by atoms with Gasteiger partial charge in [0.25, 0.3) is 0 Å². The maximum atomic E-state index is 11.6. The zero-order valence-electron chi connectivity index (χ0n) is 9.65. The number of rotatable bonds is 3. The Bertz CT molecular complexity index is 359. The van der Waals surface area contributed by atoms with Crippen LogP contribution < -0.4 is 0 Å². The monoisotopic (exact) mass is 225 g/mol. The van der Waals surface area contributed by atoms with E-state index >= 15 is 0 Å². The van der Waals surface area contributed by atoms with E-state index in [9.17, 15) is 14.4 Å². The van der Waals surface area contributed by atoms with Gasteiger partial charge in [-0.2, -0.15) is 0 Å². The predicted octanol–water partition coefficient (Wildman–Crippen LogP) is 0.501. The van der Waals surface area contributed by atoms with Crippen molar-refractivity contribution in [2.45, 2.75) is 20.3 Å². The smallest absolute Gasteiger partial charge is 0.311 e. The van der Waals surface area contributed by atoms with Crippen LogP contribution in [0.5, 0.6) is 0 Å². The number of hydrogen-bond acceptors (Lipinski definition) is 4. The van der Waals surface area contributed by atoms with E-state index in [0.717, 1.165) is 0 Å². The Kier molecular flexibility index (Phi) is 3.82. The predicted molar refractivity (Wildman–Crippen MR) is 56.3 cm³/mol. The Hall–Kier alpha value is -1.65. The molecule has 0 aromatic carbocycles. The van der Waals surface area contributed by atoms with Gasteiger partial charge in [-0.1, -0.05) is 0 Å². The van der Waals surface area contributed by atoms with Gasteiger partial charge in [-0.15, -0.1) is 0 Å². The lowest BCUT2D eigenvalue weighted by molar-refractivity contribution is -0.145. The molecule has 5 nitrogen and oxygen atoms in total. The summed E-state index contributed by atoms with van der Waals surface area (Å²) in [6.45, 7) is 3.39. The molecule has 16 heavy (non-hydrogen) atoms. The van der Waals surface area contributed by atoms with Crippen LogP contribution in [-0.2, 0) is 19.1 Å². The van der Waals surface area contributed by atoms with E-state index in [1.807, 2.05) is 0 Å². The van der Waals surface area contributed by atoms with E-state index in [-0.39, 0.29) is 24.1 Å². The SMILES string of the molecule is COC(=O)C1CC(=O)N(C(C)=CC(C)=O)C1. The molecular weight excluding hydrogens is 210 g/mol. The van der Waals surface area contributed by atoms with Gasteiger partial charge in [0.1, 0.15) is 0 Å². The highest BCUT2D eigenvalue weighted by molar-refractivity contribution is 5.91. The third-order valence-electron chi connectivity index (χ3n) is 2.50. The first kappa shape index (κ1) is 12.4. The number of amides is 1. The first-order valence-electron chi connectivity index (χ1n) is 5.02. The van der Waals surface area contributed by atoms with Gasteiger partial charge in [-0.25, -0.2) is 0 Å². The molecule has 0 bridgehead atoms. The molecule has 1 amide bonds. The molecule has 0 saturated carbocycles. The number of ether oxygens (including phenoxy) is 1. The maximum Gasteiger partial charge on any atom is 0.311 e. The number of methoxy groups -OCH3 is 1. The summed E-state index contributed by atoms with van der Waals surface area (Å²) >= 11 is 0. The molecule has 88 valence electrons. The molecule has 1 saturated heterocycles. The van der Waals surface area contributed by atoms with Crippen molar-refractivity contribution in [1.82, 2.24) is 4.90 Å². The average molecular weight is 225 g/mol. The second-order valence-electron chi connectivity index (χ2n) is 3.82. The van der Waals surface area contributed by atoms with Crippen LogP contribution in [0.4, 0.5) is 0 Å². The number of allylic oxidation sites excluding steroid dienone is 2. The van der Waals surface area contributed by atoms with Crippen molar-refractivity contribution >= 4 is 17.7 Å². The van der Waals surface area contributed by atoms with Crippen molar-refractivity contribution in [2.24, 2.45) is 5.92 Å². The summed E-state index contributed by atoms with van der Waals surface area (Å²) in [5.74, 6) is -1.07. The molecule has 0 aromatic heterocycles. The van der Waals surface area contributed by atoms with E-state index in [4.69, 9.17) is 0 Å². The molecule has 1 aliphatic rings. The highest BCUT2D eigenvalue weighted by Gasteiger charge is 2.35. The van der Waals surface area contributed by atoms with Gasteiger partial charge < -0.3 is 9.64 Å². The molecule has 1 unspecified atom stereocenters. The number of likely N-dealkylation sites (tertiary alicyclic amines) is 1. The number of carbonyl (C=O) groups excluding carboxylic acids is 3. The fourth-order valence-electron chi connectivity index (χ4n) is 1.75. The molecule has 0 spiro atoms. The van der Waals surface area contributed by atoms with E-state index in [2.05, 4.69) is 4.74 Å². The molecule has 0 aliphatic carbocycles. The maximum absolute atomic E-state index is 11.6. The van der Waals surface area contributed by atoms with Crippen LogP contribution in [0.3, 0.4) is 0 Å². The molecule has 1 atom stereocenters. The lowest BCUT2D eigenvalue weighted by atomic mass is 10.1. The van der Waals surface area contributed by atoms with Crippen molar-refractivity contribution in [1.29, 1.82) is 0 Å². The number of esters is 1. The third-order valence-corrected chi connectivity index (χ3v) is 2.50. The fraction of sp³-hybridized carbons (Fsp3) is 0.545. The van der Waals surface area contributed by atoms with Crippen LogP contribution in [0.25, 0.3) is 0 Å². The van der Waals surface area contributed by atoms with Gasteiger partial charge in [0.2, 0.25) is 5.91 Å². The second-order valence-corrected chi connectivity index (χ2v) is 3.82. The summed E-state index contributed by atoms with van der Waals surface area (Å²) in [4.78, 5) is 35.2. The van der Waals surface area contributed by atoms with Crippen LogP contribution in [0.15, 0.2) is 11.8 Å². The number of nitrogens with zero attached hydrogens (tertiary/aromatic N) is 1. The van der Waals surface area contributed by atoms with Gasteiger partial charge in [0.15, 0.2) is 5.78 Å². The lowest BCUT2D eigenvalue weighted by Gasteiger charge is -2.16. The largest absolute Gasteiger partial charge is 0.469 e. The summed E-state index contributed by atoms with van der Waals surface area (Å²) in [6, 6.07) is 0. The Labute approximate surface area is 94.1 Å². The Morgan fingerprint density at radius 2 is 2.06 bits per heavy atom. The van der Waals surface area contributed by atoms with E-state index in [0.29, 0.717) is 12.2 Å². The van der Waals surface area contributed by atoms with E-state index < -0.39 is 5.92 Å². The van der Waals surface area contributed by atoms with Crippen LogP contribution in [0, 0.1) is 5.92 Å². The van der Waals surface area contributed by atoms with E-state index in [1.54, 1.807) is 6.92 Å². The number of ketones is 1. The first-order valence-corrected chi connectivity index (χ1v) is 5.02.